The summed E-state index contributed by atoms with van der Waals surface area (Å²) in [5.41, 5.74) is -0.860. The Kier molecular flexibility index (Phi) is 12.9. The Balaban J connectivity index is 2.84. The van der Waals surface area contributed by atoms with Crippen molar-refractivity contribution < 1.29 is 19.0 Å². The van der Waals surface area contributed by atoms with Crippen LogP contribution in [0.25, 0.3) is 0 Å². The topological polar surface area (TPSA) is 48.0 Å². The first-order valence-corrected chi connectivity index (χ1v) is 16.0. The first-order valence-electron chi connectivity index (χ1n) is 16.0. The summed E-state index contributed by atoms with van der Waals surface area (Å²) < 4.78 is 18.6. The number of carbonyl (C=O) groups is 1. The lowest BCUT2D eigenvalue weighted by molar-refractivity contribution is -0.177. The van der Waals surface area contributed by atoms with E-state index in [2.05, 4.69) is 109 Å². The first kappa shape index (κ1) is 37.4. The third-order valence-corrected chi connectivity index (χ3v) is 9.18. The van der Waals surface area contributed by atoms with Gasteiger partial charge in [0.05, 0.1) is 30.3 Å². The van der Waals surface area contributed by atoms with Crippen LogP contribution in [-0.2, 0) is 19.0 Å². The molecule has 0 spiro atoms. The Morgan fingerprint density at radius 2 is 1.30 bits per heavy atom. The predicted molar refractivity (Wildman–Crippen MR) is 170 cm³/mol. The Labute approximate surface area is 249 Å². The zero-order chi connectivity index (χ0) is 31.4. The molecule has 1 saturated carbocycles. The van der Waals surface area contributed by atoms with Gasteiger partial charge in [0.25, 0.3) is 0 Å². The standard InChI is InChI=1S/C35H69NO4/c1-17-19-38-21-26(36(15)16)22-39-33(10,11)25-35(14,18-2)29(37)40-34(12,13)24-32(8,9)28-20-27(28)31(6,7)23-30(3,4)5/h26-28H,17-25H2,1-16H3. The second-order valence-electron chi connectivity index (χ2n) is 17.3. The molecule has 0 radical (unpaired) electrons. The van der Waals surface area contributed by atoms with E-state index in [-0.39, 0.29) is 17.4 Å². The molecule has 0 amide bonds. The van der Waals surface area contributed by atoms with Crippen LogP contribution < -0.4 is 0 Å². The molecule has 0 aromatic rings. The van der Waals surface area contributed by atoms with Crippen molar-refractivity contribution in [2.45, 2.75) is 153 Å². The molecule has 4 unspecified atom stereocenters. The van der Waals surface area contributed by atoms with Crippen LogP contribution in [0.5, 0.6) is 0 Å². The van der Waals surface area contributed by atoms with Crippen LogP contribution in [0.3, 0.4) is 0 Å². The van der Waals surface area contributed by atoms with E-state index in [0.717, 1.165) is 25.4 Å². The van der Waals surface area contributed by atoms with E-state index in [1.807, 2.05) is 6.92 Å². The molecule has 1 aliphatic rings. The molecule has 0 heterocycles. The molecular weight excluding hydrogens is 498 g/mol. The van der Waals surface area contributed by atoms with Crippen LogP contribution in [0.4, 0.5) is 0 Å². The maximum Gasteiger partial charge on any atom is 0.312 e. The number of hydrogen-bond donors (Lipinski definition) is 0. The second kappa shape index (κ2) is 13.8. The third kappa shape index (κ3) is 11.9. The Morgan fingerprint density at radius 3 is 1.75 bits per heavy atom. The molecule has 5 heteroatoms. The van der Waals surface area contributed by atoms with Gasteiger partial charge in [-0.3, -0.25) is 4.79 Å². The fourth-order valence-electron chi connectivity index (χ4n) is 7.42. The number of nitrogens with zero attached hydrogens (tertiary/aromatic N) is 1. The van der Waals surface area contributed by atoms with Crippen molar-refractivity contribution in [3.05, 3.63) is 0 Å². The number of carbonyl (C=O) groups excluding carboxylic acids is 1. The van der Waals surface area contributed by atoms with Crippen molar-refractivity contribution in [2.24, 2.45) is 33.5 Å². The molecule has 0 aromatic carbocycles. The molecule has 5 nitrogen and oxygen atoms in total. The molecule has 1 fully saturated rings. The number of ether oxygens (including phenoxy) is 3. The summed E-state index contributed by atoms with van der Waals surface area (Å²) in [7, 11) is 4.12. The minimum absolute atomic E-state index is 0.107. The van der Waals surface area contributed by atoms with Gasteiger partial charge in [0.1, 0.15) is 5.60 Å². The molecule has 40 heavy (non-hydrogen) atoms. The van der Waals surface area contributed by atoms with Gasteiger partial charge in [-0.2, -0.15) is 0 Å². The molecule has 0 N–H and O–H groups in total. The SMILES string of the molecule is CCCOCC(COC(C)(C)CC(C)(CC)C(=O)OC(C)(C)CC(C)(C)C1CC1C(C)(C)CC(C)(C)C)N(C)C. The van der Waals surface area contributed by atoms with E-state index in [4.69, 9.17) is 14.2 Å². The summed E-state index contributed by atoms with van der Waals surface area (Å²) in [5, 5.41) is 0. The average molecular weight is 568 g/mol. The normalized spacial score (nSPS) is 21.3. The summed E-state index contributed by atoms with van der Waals surface area (Å²) >= 11 is 0. The molecule has 1 aliphatic carbocycles. The summed E-state index contributed by atoms with van der Waals surface area (Å²) in [4.78, 5) is 15.9. The maximum absolute atomic E-state index is 13.8. The molecule has 0 aliphatic heterocycles. The monoisotopic (exact) mass is 568 g/mol. The van der Waals surface area contributed by atoms with Crippen LogP contribution >= 0.6 is 0 Å². The summed E-state index contributed by atoms with van der Waals surface area (Å²) in [6, 6.07) is 0.173. The minimum atomic E-state index is -0.617. The van der Waals surface area contributed by atoms with Crippen molar-refractivity contribution in [1.82, 2.24) is 4.90 Å². The molecule has 0 aromatic heterocycles. The van der Waals surface area contributed by atoms with Crippen molar-refractivity contribution >= 4 is 5.97 Å². The summed E-state index contributed by atoms with van der Waals surface area (Å²) in [6.45, 7) is 33.3. The fourth-order valence-corrected chi connectivity index (χ4v) is 7.42. The number of esters is 1. The predicted octanol–water partition coefficient (Wildman–Crippen LogP) is 8.78. The van der Waals surface area contributed by atoms with Crippen molar-refractivity contribution in [3.63, 3.8) is 0 Å². The lowest BCUT2D eigenvalue weighted by Gasteiger charge is -2.41. The van der Waals surface area contributed by atoms with E-state index < -0.39 is 16.6 Å². The van der Waals surface area contributed by atoms with Crippen LogP contribution in [0.1, 0.15) is 135 Å². The van der Waals surface area contributed by atoms with Gasteiger partial charge in [0.2, 0.25) is 0 Å². The molecule has 0 saturated heterocycles. The summed E-state index contributed by atoms with van der Waals surface area (Å²) in [6.07, 6.45) is 5.68. The van der Waals surface area contributed by atoms with Crippen molar-refractivity contribution in [2.75, 3.05) is 33.9 Å². The van der Waals surface area contributed by atoms with Gasteiger partial charge in [0.15, 0.2) is 0 Å². The highest BCUT2D eigenvalue weighted by Crippen LogP contribution is 2.62. The minimum Gasteiger partial charge on any atom is -0.459 e. The van der Waals surface area contributed by atoms with Gasteiger partial charge in [0, 0.05) is 6.61 Å². The molecule has 1 rings (SSSR count). The number of hydrogen-bond acceptors (Lipinski definition) is 5. The maximum atomic E-state index is 13.8. The highest BCUT2D eigenvalue weighted by atomic mass is 16.6. The molecule has 0 bridgehead atoms. The van der Waals surface area contributed by atoms with Crippen LogP contribution in [0.2, 0.25) is 0 Å². The van der Waals surface area contributed by atoms with E-state index in [1.54, 1.807) is 0 Å². The highest BCUT2D eigenvalue weighted by molar-refractivity contribution is 5.77. The van der Waals surface area contributed by atoms with Gasteiger partial charge >= 0.3 is 5.97 Å². The van der Waals surface area contributed by atoms with Crippen molar-refractivity contribution in [3.8, 4) is 0 Å². The zero-order valence-corrected chi connectivity index (χ0v) is 29.7. The first-order chi connectivity index (χ1) is 17.9. The van der Waals surface area contributed by atoms with Gasteiger partial charge in [-0.05, 0) is 115 Å². The molecule has 238 valence electrons. The van der Waals surface area contributed by atoms with Gasteiger partial charge in [-0.1, -0.05) is 62.3 Å². The molecule has 4 atom stereocenters. The lowest BCUT2D eigenvalue weighted by Crippen LogP contribution is -2.45. The Hall–Kier alpha value is -0.650. The van der Waals surface area contributed by atoms with Gasteiger partial charge in [-0.15, -0.1) is 0 Å². The largest absolute Gasteiger partial charge is 0.459 e. The van der Waals surface area contributed by atoms with Crippen LogP contribution in [-0.4, -0.2) is 62.0 Å². The fraction of sp³-hybridized carbons (Fsp3) is 0.971. The van der Waals surface area contributed by atoms with E-state index in [1.165, 1.54) is 12.8 Å². The quantitative estimate of drug-likeness (QED) is 0.122. The lowest BCUT2D eigenvalue weighted by atomic mass is 9.69. The smallest absolute Gasteiger partial charge is 0.312 e. The average Bonchev–Trinajstić information content (AvgIpc) is 3.55. The van der Waals surface area contributed by atoms with E-state index in [9.17, 15) is 4.79 Å². The summed E-state index contributed by atoms with van der Waals surface area (Å²) in [5.74, 6) is 1.28. The highest BCUT2D eigenvalue weighted by Gasteiger charge is 2.56. The Morgan fingerprint density at radius 1 is 0.775 bits per heavy atom. The third-order valence-electron chi connectivity index (χ3n) is 9.18. The number of likely N-dealkylation sites (N-methyl/N-ethyl adjacent to an activating group) is 1. The zero-order valence-electron chi connectivity index (χ0n) is 29.7. The number of rotatable bonds is 18. The van der Waals surface area contributed by atoms with Gasteiger partial charge in [-0.25, -0.2) is 0 Å². The van der Waals surface area contributed by atoms with Crippen LogP contribution in [0, 0.1) is 33.5 Å². The second-order valence-corrected chi connectivity index (χ2v) is 17.3. The van der Waals surface area contributed by atoms with E-state index >= 15 is 0 Å². The van der Waals surface area contributed by atoms with Crippen LogP contribution in [0.15, 0.2) is 0 Å². The van der Waals surface area contributed by atoms with Crippen molar-refractivity contribution in [1.29, 1.82) is 0 Å². The van der Waals surface area contributed by atoms with E-state index in [0.29, 0.717) is 42.8 Å². The Bertz CT molecular complexity index is 792. The van der Waals surface area contributed by atoms with Gasteiger partial charge < -0.3 is 19.1 Å². The molecular formula is C35H69NO4.